The van der Waals surface area contributed by atoms with Crippen molar-refractivity contribution >= 4 is 11.9 Å². The van der Waals surface area contributed by atoms with Gasteiger partial charge in [0.1, 0.15) is 5.41 Å². The molecule has 1 spiro atoms. The van der Waals surface area contributed by atoms with Crippen LogP contribution in [-0.4, -0.2) is 48.1 Å². The Morgan fingerprint density at radius 1 is 1.30 bits per heavy atom. The summed E-state index contributed by atoms with van der Waals surface area (Å²) in [5, 5.41) is 21.8. The maximum Gasteiger partial charge on any atom is 0.315 e. The second kappa shape index (κ2) is 5.55. The third kappa shape index (κ3) is 2.03. The first-order chi connectivity index (χ1) is 12.7. The van der Waals surface area contributed by atoms with Crippen LogP contribution in [0.15, 0.2) is 35.5 Å². The largest absolute Gasteiger partial charge is 0.469 e. The monoisotopic (exact) mass is 374 g/mol. The summed E-state index contributed by atoms with van der Waals surface area (Å²) in [5.74, 6) is -2.23. The minimum absolute atomic E-state index is 0.398. The topological polar surface area (TPSA) is 93.1 Å². The van der Waals surface area contributed by atoms with Gasteiger partial charge < -0.3 is 19.7 Å². The molecule has 0 amide bonds. The van der Waals surface area contributed by atoms with E-state index in [2.05, 4.69) is 6.58 Å². The van der Waals surface area contributed by atoms with Gasteiger partial charge in [-0.1, -0.05) is 24.3 Å². The zero-order valence-electron chi connectivity index (χ0n) is 15.9. The lowest BCUT2D eigenvalue weighted by molar-refractivity contribution is -0.168. The van der Waals surface area contributed by atoms with Crippen molar-refractivity contribution in [3.63, 3.8) is 0 Å². The minimum atomic E-state index is -1.31. The fourth-order valence-electron chi connectivity index (χ4n) is 6.25. The molecule has 146 valence electrons. The molecule has 0 heterocycles. The Kier molecular flexibility index (Phi) is 3.79. The van der Waals surface area contributed by atoms with Crippen molar-refractivity contribution in [3.8, 4) is 0 Å². The fraction of sp³-hybridized carbons (Fsp3) is 0.619. The summed E-state index contributed by atoms with van der Waals surface area (Å²) in [6.07, 6.45) is 4.44. The van der Waals surface area contributed by atoms with E-state index in [1.54, 1.807) is 13.0 Å². The molecule has 0 aromatic carbocycles. The van der Waals surface area contributed by atoms with Gasteiger partial charge in [-0.3, -0.25) is 9.59 Å². The molecule has 4 aliphatic carbocycles. The Bertz CT molecular complexity index is 809. The van der Waals surface area contributed by atoms with Gasteiger partial charge in [0, 0.05) is 11.3 Å². The van der Waals surface area contributed by atoms with Gasteiger partial charge in [-0.15, -0.1) is 0 Å². The number of carbonyl (C=O) groups excluding carboxylic acids is 2. The number of esters is 2. The predicted octanol–water partition coefficient (Wildman–Crippen LogP) is 1.67. The number of allylic oxidation sites excluding steroid dienone is 3. The van der Waals surface area contributed by atoms with E-state index in [0.29, 0.717) is 25.7 Å². The van der Waals surface area contributed by atoms with Crippen LogP contribution in [0.5, 0.6) is 0 Å². The Morgan fingerprint density at radius 3 is 2.63 bits per heavy atom. The van der Waals surface area contributed by atoms with E-state index in [1.165, 1.54) is 14.2 Å². The molecule has 0 aliphatic heterocycles. The van der Waals surface area contributed by atoms with Crippen molar-refractivity contribution in [2.75, 3.05) is 14.2 Å². The molecule has 2 bridgehead atoms. The van der Waals surface area contributed by atoms with Crippen molar-refractivity contribution in [1.82, 2.24) is 0 Å². The number of hydrogen-bond acceptors (Lipinski definition) is 6. The van der Waals surface area contributed by atoms with E-state index in [9.17, 15) is 19.8 Å². The lowest BCUT2D eigenvalue weighted by Gasteiger charge is -2.44. The van der Waals surface area contributed by atoms with Crippen molar-refractivity contribution in [2.24, 2.45) is 22.7 Å². The predicted molar refractivity (Wildman–Crippen MR) is 96.3 cm³/mol. The van der Waals surface area contributed by atoms with Crippen LogP contribution in [0.4, 0.5) is 0 Å². The SMILES string of the molecule is C=C1C[C@]23C[C@@]1(O)CCC2=C1C=C[C@H](O)[C@@](C)(C(=O)OC)[C@H]1[C@@H]3C(=O)OC. The van der Waals surface area contributed by atoms with Gasteiger partial charge in [0.15, 0.2) is 0 Å². The van der Waals surface area contributed by atoms with Crippen LogP contribution in [0.1, 0.15) is 32.6 Å². The van der Waals surface area contributed by atoms with Gasteiger partial charge in [0.25, 0.3) is 0 Å². The molecule has 27 heavy (non-hydrogen) atoms. The highest BCUT2D eigenvalue weighted by molar-refractivity contribution is 5.85. The summed E-state index contributed by atoms with van der Waals surface area (Å²) in [6.45, 7) is 5.73. The van der Waals surface area contributed by atoms with Crippen LogP contribution >= 0.6 is 0 Å². The summed E-state index contributed by atoms with van der Waals surface area (Å²) in [5.41, 5.74) is -0.201. The molecule has 2 fully saturated rings. The number of rotatable bonds is 2. The summed E-state index contributed by atoms with van der Waals surface area (Å²) in [4.78, 5) is 25.8. The Labute approximate surface area is 158 Å². The second-order valence-corrected chi connectivity index (χ2v) is 8.64. The molecule has 0 saturated heterocycles. The van der Waals surface area contributed by atoms with Gasteiger partial charge in [-0.2, -0.15) is 0 Å². The molecule has 6 nitrogen and oxygen atoms in total. The molecular formula is C21H26O6. The first kappa shape index (κ1) is 18.4. The van der Waals surface area contributed by atoms with Crippen molar-refractivity contribution in [1.29, 1.82) is 0 Å². The third-order valence-corrected chi connectivity index (χ3v) is 7.60. The van der Waals surface area contributed by atoms with E-state index in [-0.39, 0.29) is 0 Å². The molecule has 2 N–H and O–H groups in total. The zero-order chi connectivity index (χ0) is 19.8. The smallest absolute Gasteiger partial charge is 0.315 e. The number of fused-ring (bicyclic) bond motifs is 2. The molecule has 6 atom stereocenters. The Morgan fingerprint density at radius 2 is 2.00 bits per heavy atom. The van der Waals surface area contributed by atoms with E-state index in [1.807, 2.05) is 6.08 Å². The summed E-state index contributed by atoms with van der Waals surface area (Å²) in [7, 11) is 2.62. The second-order valence-electron chi connectivity index (χ2n) is 8.64. The van der Waals surface area contributed by atoms with E-state index in [4.69, 9.17) is 9.47 Å². The maximum atomic E-state index is 13.0. The zero-order valence-corrected chi connectivity index (χ0v) is 15.9. The number of ether oxygens (including phenoxy) is 2. The van der Waals surface area contributed by atoms with Crippen molar-refractivity contribution < 1.29 is 29.3 Å². The number of carbonyl (C=O) groups is 2. The Balaban J connectivity index is 1.97. The molecule has 0 aromatic heterocycles. The molecule has 0 unspecified atom stereocenters. The van der Waals surface area contributed by atoms with Gasteiger partial charge in [0.2, 0.25) is 0 Å². The van der Waals surface area contributed by atoms with Crippen LogP contribution in [0.3, 0.4) is 0 Å². The van der Waals surface area contributed by atoms with Gasteiger partial charge >= 0.3 is 11.9 Å². The van der Waals surface area contributed by atoms with Crippen LogP contribution in [0, 0.1) is 22.7 Å². The molecule has 6 heteroatoms. The van der Waals surface area contributed by atoms with Crippen LogP contribution < -0.4 is 0 Å². The van der Waals surface area contributed by atoms with Crippen LogP contribution in [0.25, 0.3) is 0 Å². The number of methoxy groups -OCH3 is 2. The molecule has 4 aliphatic rings. The fourth-order valence-corrected chi connectivity index (χ4v) is 6.25. The molecular weight excluding hydrogens is 348 g/mol. The first-order valence-corrected chi connectivity index (χ1v) is 9.32. The quantitative estimate of drug-likeness (QED) is 0.564. The third-order valence-electron chi connectivity index (χ3n) is 7.60. The maximum absolute atomic E-state index is 13.0. The van der Waals surface area contributed by atoms with Crippen molar-refractivity contribution in [3.05, 3.63) is 35.5 Å². The normalized spacial score (nSPS) is 44.8. The molecule has 0 aromatic rings. The van der Waals surface area contributed by atoms with Crippen molar-refractivity contribution in [2.45, 2.75) is 44.3 Å². The molecule has 0 radical (unpaired) electrons. The Hall–Kier alpha value is -1.92. The van der Waals surface area contributed by atoms with E-state index in [0.717, 1.165) is 16.7 Å². The van der Waals surface area contributed by atoms with E-state index < -0.39 is 46.3 Å². The number of hydrogen-bond donors (Lipinski definition) is 2. The number of aliphatic hydroxyl groups is 2. The van der Waals surface area contributed by atoms with Gasteiger partial charge in [-0.05, 0) is 43.8 Å². The van der Waals surface area contributed by atoms with E-state index >= 15 is 0 Å². The lowest BCUT2D eigenvalue weighted by Crippen LogP contribution is -2.53. The lowest BCUT2D eigenvalue weighted by atomic mass is 9.59. The molecule has 4 rings (SSSR count). The van der Waals surface area contributed by atoms with Crippen LogP contribution in [0.2, 0.25) is 0 Å². The van der Waals surface area contributed by atoms with Gasteiger partial charge in [-0.25, -0.2) is 0 Å². The number of aliphatic hydroxyl groups excluding tert-OH is 1. The highest BCUT2D eigenvalue weighted by atomic mass is 16.5. The molecule has 2 saturated carbocycles. The highest BCUT2D eigenvalue weighted by Gasteiger charge is 2.70. The summed E-state index contributed by atoms with van der Waals surface area (Å²) >= 11 is 0. The summed E-state index contributed by atoms with van der Waals surface area (Å²) in [6, 6.07) is 0. The minimum Gasteiger partial charge on any atom is -0.469 e. The first-order valence-electron chi connectivity index (χ1n) is 9.32. The average Bonchev–Trinajstić information content (AvgIpc) is 3.03. The van der Waals surface area contributed by atoms with Gasteiger partial charge in [0.05, 0.1) is 31.8 Å². The summed E-state index contributed by atoms with van der Waals surface area (Å²) < 4.78 is 10.2. The standard InChI is InChI=1S/C21H26O6/c1-11-9-20-10-21(11,25)8-7-13(20)12-5-6-14(22)19(2,18(24)27-4)15(12)16(20)17(23)26-3/h5-6,14-16,22,25H,1,7-10H2,2-4H3/t14-,15+,16+,19+,20-,21-/m0/s1. The highest BCUT2D eigenvalue weighted by Crippen LogP contribution is 2.71. The van der Waals surface area contributed by atoms with Crippen LogP contribution in [-0.2, 0) is 19.1 Å². The average molecular weight is 374 g/mol.